The average molecular weight is 288 g/mol. The summed E-state index contributed by atoms with van der Waals surface area (Å²) < 4.78 is 0. The molecule has 1 fully saturated rings. The van der Waals surface area contributed by atoms with Crippen molar-refractivity contribution in [1.29, 1.82) is 0 Å². The highest BCUT2D eigenvalue weighted by Crippen LogP contribution is 2.40. The SMILES string of the molecule is O=C1CCC(/C=C/c2ccccc2)(/C=C/c2ccccc2)C1. The van der Waals surface area contributed by atoms with Crippen molar-refractivity contribution in [2.24, 2.45) is 5.41 Å². The molecule has 0 aromatic heterocycles. The molecule has 3 rings (SSSR count). The largest absolute Gasteiger partial charge is 0.300 e. The number of hydrogen-bond acceptors (Lipinski definition) is 1. The fraction of sp³-hybridized carbons (Fsp3) is 0.190. The third-order valence-corrected chi connectivity index (χ3v) is 4.21. The summed E-state index contributed by atoms with van der Waals surface area (Å²) in [6.45, 7) is 0. The van der Waals surface area contributed by atoms with Crippen molar-refractivity contribution in [1.82, 2.24) is 0 Å². The lowest BCUT2D eigenvalue weighted by Crippen LogP contribution is -2.09. The number of benzene rings is 2. The second-order valence-corrected chi connectivity index (χ2v) is 5.94. The van der Waals surface area contributed by atoms with Crippen LogP contribution < -0.4 is 0 Å². The van der Waals surface area contributed by atoms with E-state index in [1.807, 2.05) is 36.4 Å². The number of hydrogen-bond donors (Lipinski definition) is 0. The molecule has 0 amide bonds. The number of carbonyl (C=O) groups is 1. The van der Waals surface area contributed by atoms with Crippen LogP contribution in [0.1, 0.15) is 30.4 Å². The smallest absolute Gasteiger partial charge is 0.134 e. The summed E-state index contributed by atoms with van der Waals surface area (Å²) in [6.07, 6.45) is 10.9. The molecular weight excluding hydrogens is 268 g/mol. The molecule has 0 spiro atoms. The Bertz CT molecular complexity index is 631. The number of carbonyl (C=O) groups excluding carboxylic acids is 1. The molecule has 1 saturated carbocycles. The summed E-state index contributed by atoms with van der Waals surface area (Å²) in [7, 11) is 0. The second kappa shape index (κ2) is 6.57. The molecule has 0 unspecified atom stereocenters. The van der Waals surface area contributed by atoms with Crippen LogP contribution in [0.5, 0.6) is 0 Å². The van der Waals surface area contributed by atoms with Gasteiger partial charge in [-0.25, -0.2) is 0 Å². The standard InChI is InChI=1S/C21H20O/c22-20-13-16-21(17-20,14-11-18-7-3-1-4-8-18)15-12-19-9-5-2-6-10-19/h1-12,14-15H,13,16-17H2/b14-11+,15-12+. The van der Waals surface area contributed by atoms with E-state index in [2.05, 4.69) is 48.6 Å². The van der Waals surface area contributed by atoms with Gasteiger partial charge in [0.1, 0.15) is 5.78 Å². The first kappa shape index (κ1) is 14.5. The van der Waals surface area contributed by atoms with Crippen LogP contribution >= 0.6 is 0 Å². The normalized spacial score (nSPS) is 17.5. The summed E-state index contributed by atoms with van der Waals surface area (Å²) in [5.74, 6) is 0.357. The predicted molar refractivity (Wildman–Crippen MR) is 92.2 cm³/mol. The Morgan fingerprint density at radius 2 is 1.27 bits per heavy atom. The Morgan fingerprint density at radius 3 is 1.68 bits per heavy atom. The zero-order chi connectivity index (χ0) is 15.3. The van der Waals surface area contributed by atoms with Crippen LogP contribution in [0.15, 0.2) is 72.8 Å². The number of allylic oxidation sites excluding steroid dienone is 2. The van der Waals surface area contributed by atoms with E-state index in [9.17, 15) is 4.79 Å². The molecule has 0 atom stereocenters. The number of ketones is 1. The summed E-state index contributed by atoms with van der Waals surface area (Å²) >= 11 is 0. The molecule has 22 heavy (non-hydrogen) atoms. The van der Waals surface area contributed by atoms with Gasteiger partial charge in [0.25, 0.3) is 0 Å². The minimum absolute atomic E-state index is 0.136. The molecule has 110 valence electrons. The van der Waals surface area contributed by atoms with Crippen molar-refractivity contribution < 1.29 is 4.79 Å². The lowest BCUT2D eigenvalue weighted by atomic mass is 9.84. The monoisotopic (exact) mass is 288 g/mol. The fourth-order valence-electron chi connectivity index (χ4n) is 2.91. The summed E-state index contributed by atoms with van der Waals surface area (Å²) in [6, 6.07) is 20.5. The molecule has 1 aliphatic carbocycles. The molecule has 1 aliphatic rings. The van der Waals surface area contributed by atoms with E-state index in [4.69, 9.17) is 0 Å². The van der Waals surface area contributed by atoms with Gasteiger partial charge in [0.15, 0.2) is 0 Å². The Morgan fingerprint density at radius 1 is 0.773 bits per heavy atom. The van der Waals surface area contributed by atoms with E-state index in [0.717, 1.165) is 6.42 Å². The third kappa shape index (κ3) is 3.62. The molecule has 0 saturated heterocycles. The van der Waals surface area contributed by atoms with E-state index in [1.54, 1.807) is 0 Å². The molecule has 0 aliphatic heterocycles. The summed E-state index contributed by atoms with van der Waals surface area (Å²) in [4.78, 5) is 11.8. The Labute approximate surface area is 132 Å². The topological polar surface area (TPSA) is 17.1 Å². The molecule has 0 N–H and O–H groups in total. The lowest BCUT2D eigenvalue weighted by Gasteiger charge is -2.19. The maximum absolute atomic E-state index is 11.8. The van der Waals surface area contributed by atoms with E-state index in [1.165, 1.54) is 11.1 Å². The van der Waals surface area contributed by atoms with Gasteiger partial charge >= 0.3 is 0 Å². The third-order valence-electron chi connectivity index (χ3n) is 4.21. The van der Waals surface area contributed by atoms with Crippen molar-refractivity contribution in [3.8, 4) is 0 Å². The highest BCUT2D eigenvalue weighted by Gasteiger charge is 2.33. The Kier molecular flexibility index (Phi) is 4.34. The van der Waals surface area contributed by atoms with Crippen molar-refractivity contribution in [3.05, 3.63) is 83.9 Å². The zero-order valence-corrected chi connectivity index (χ0v) is 12.6. The fourth-order valence-corrected chi connectivity index (χ4v) is 2.91. The first-order valence-corrected chi connectivity index (χ1v) is 7.76. The van der Waals surface area contributed by atoms with E-state index >= 15 is 0 Å². The van der Waals surface area contributed by atoms with Gasteiger partial charge in [-0.1, -0.05) is 85.0 Å². The predicted octanol–water partition coefficient (Wildman–Crippen LogP) is 5.15. The van der Waals surface area contributed by atoms with Crippen LogP contribution in [0.25, 0.3) is 12.2 Å². The Hall–Kier alpha value is -2.41. The summed E-state index contributed by atoms with van der Waals surface area (Å²) in [5.41, 5.74) is 2.21. The Balaban J connectivity index is 1.84. The molecule has 0 heterocycles. The van der Waals surface area contributed by atoms with Gasteiger partial charge in [0.2, 0.25) is 0 Å². The molecule has 2 aromatic rings. The molecular formula is C21H20O. The van der Waals surface area contributed by atoms with Crippen molar-refractivity contribution >= 4 is 17.9 Å². The molecule has 1 heteroatoms. The van der Waals surface area contributed by atoms with Crippen LogP contribution in [0.4, 0.5) is 0 Å². The minimum Gasteiger partial charge on any atom is -0.300 e. The number of rotatable bonds is 4. The molecule has 0 bridgehead atoms. The first-order chi connectivity index (χ1) is 10.8. The maximum Gasteiger partial charge on any atom is 0.134 e. The van der Waals surface area contributed by atoms with Gasteiger partial charge in [-0.2, -0.15) is 0 Å². The van der Waals surface area contributed by atoms with E-state index < -0.39 is 0 Å². The van der Waals surface area contributed by atoms with Gasteiger partial charge in [0.05, 0.1) is 0 Å². The van der Waals surface area contributed by atoms with Crippen LogP contribution in [-0.2, 0) is 4.79 Å². The van der Waals surface area contributed by atoms with Crippen LogP contribution in [-0.4, -0.2) is 5.78 Å². The second-order valence-electron chi connectivity index (χ2n) is 5.94. The maximum atomic E-state index is 11.8. The van der Waals surface area contributed by atoms with Gasteiger partial charge in [-0.15, -0.1) is 0 Å². The number of Topliss-reactive ketones (excluding diaryl/α,β-unsaturated/α-hetero) is 1. The van der Waals surface area contributed by atoms with Gasteiger partial charge in [-0.05, 0) is 17.5 Å². The van der Waals surface area contributed by atoms with Crippen molar-refractivity contribution in [2.45, 2.75) is 19.3 Å². The quantitative estimate of drug-likeness (QED) is 0.760. The van der Waals surface area contributed by atoms with Crippen LogP contribution in [0.2, 0.25) is 0 Å². The van der Waals surface area contributed by atoms with E-state index in [-0.39, 0.29) is 5.41 Å². The van der Waals surface area contributed by atoms with Crippen LogP contribution in [0.3, 0.4) is 0 Å². The molecule has 2 aromatic carbocycles. The van der Waals surface area contributed by atoms with E-state index in [0.29, 0.717) is 18.6 Å². The van der Waals surface area contributed by atoms with Gasteiger partial charge in [0, 0.05) is 18.3 Å². The highest BCUT2D eigenvalue weighted by atomic mass is 16.1. The molecule has 1 nitrogen and oxygen atoms in total. The van der Waals surface area contributed by atoms with Gasteiger partial charge in [-0.3, -0.25) is 4.79 Å². The van der Waals surface area contributed by atoms with Crippen LogP contribution in [0, 0.1) is 5.41 Å². The minimum atomic E-state index is -0.136. The first-order valence-electron chi connectivity index (χ1n) is 7.76. The van der Waals surface area contributed by atoms with Crippen molar-refractivity contribution in [2.75, 3.05) is 0 Å². The van der Waals surface area contributed by atoms with Crippen molar-refractivity contribution in [3.63, 3.8) is 0 Å². The zero-order valence-electron chi connectivity index (χ0n) is 12.6. The lowest BCUT2D eigenvalue weighted by molar-refractivity contribution is -0.117. The highest BCUT2D eigenvalue weighted by molar-refractivity contribution is 5.83. The van der Waals surface area contributed by atoms with Gasteiger partial charge < -0.3 is 0 Å². The molecule has 0 radical (unpaired) electrons. The average Bonchev–Trinajstić information content (AvgIpc) is 2.95. The summed E-state index contributed by atoms with van der Waals surface area (Å²) in [5, 5.41) is 0.